The summed E-state index contributed by atoms with van der Waals surface area (Å²) in [4.78, 5) is 10.2. The number of aromatic nitrogens is 2. The number of halogens is 4. The van der Waals surface area contributed by atoms with Crippen LogP contribution in [0.1, 0.15) is 22.4 Å². The molecule has 0 aliphatic heterocycles. The average molecular weight is 438 g/mol. The summed E-state index contributed by atoms with van der Waals surface area (Å²) in [6, 6.07) is 11.7. The molecule has 0 saturated heterocycles. The number of nitro benzene ring substituents is 1. The molecule has 3 rings (SSSR count). The molecule has 0 unspecified atom stereocenters. The Morgan fingerprint density at radius 2 is 1.97 bits per heavy atom. The van der Waals surface area contributed by atoms with E-state index in [2.05, 4.69) is 15.6 Å². The quantitative estimate of drug-likeness (QED) is 0.323. The van der Waals surface area contributed by atoms with Crippen LogP contribution in [-0.4, -0.2) is 20.9 Å². The van der Waals surface area contributed by atoms with Crippen LogP contribution in [-0.2, 0) is 12.7 Å². The van der Waals surface area contributed by atoms with E-state index >= 15 is 0 Å². The number of anilines is 1. The number of rotatable bonds is 6. The highest BCUT2D eigenvalue weighted by Crippen LogP contribution is 2.35. The summed E-state index contributed by atoms with van der Waals surface area (Å²) in [5.41, 5.74) is 2.39. The van der Waals surface area contributed by atoms with E-state index in [9.17, 15) is 23.3 Å². The van der Waals surface area contributed by atoms with Crippen molar-refractivity contribution in [1.82, 2.24) is 9.78 Å². The van der Waals surface area contributed by atoms with Gasteiger partial charge in [0.2, 0.25) is 0 Å². The zero-order valence-corrected chi connectivity index (χ0v) is 16.3. The second kappa shape index (κ2) is 8.54. The fourth-order valence-electron chi connectivity index (χ4n) is 2.69. The Hall–Kier alpha value is -3.40. The van der Waals surface area contributed by atoms with E-state index in [1.165, 1.54) is 6.21 Å². The lowest BCUT2D eigenvalue weighted by Gasteiger charge is -2.08. The molecule has 2 aromatic carbocycles. The van der Waals surface area contributed by atoms with Crippen molar-refractivity contribution in [3.63, 3.8) is 0 Å². The number of hydrogen-bond acceptors (Lipinski definition) is 5. The van der Waals surface area contributed by atoms with Crippen molar-refractivity contribution in [1.29, 1.82) is 0 Å². The van der Waals surface area contributed by atoms with Gasteiger partial charge in [-0.3, -0.25) is 15.5 Å². The largest absolute Gasteiger partial charge is 0.416 e. The number of nitrogens with one attached hydrogen (secondary N) is 1. The Bertz CT molecular complexity index is 1100. The number of alkyl halides is 3. The van der Waals surface area contributed by atoms with Gasteiger partial charge in [0, 0.05) is 6.07 Å². The maximum Gasteiger partial charge on any atom is 0.416 e. The van der Waals surface area contributed by atoms with Crippen LogP contribution >= 0.6 is 11.6 Å². The summed E-state index contributed by atoms with van der Waals surface area (Å²) in [5, 5.41) is 19.7. The van der Waals surface area contributed by atoms with Crippen LogP contribution in [0.2, 0.25) is 5.15 Å². The van der Waals surface area contributed by atoms with Crippen molar-refractivity contribution < 1.29 is 18.1 Å². The van der Waals surface area contributed by atoms with Crippen LogP contribution in [0, 0.1) is 17.0 Å². The van der Waals surface area contributed by atoms with Gasteiger partial charge in [-0.15, -0.1) is 0 Å². The Labute approximate surface area is 173 Å². The third-order valence-electron chi connectivity index (χ3n) is 4.18. The minimum absolute atomic E-state index is 0.185. The summed E-state index contributed by atoms with van der Waals surface area (Å²) in [5.74, 6) is 0. The van der Waals surface area contributed by atoms with Crippen LogP contribution < -0.4 is 5.43 Å². The summed E-state index contributed by atoms with van der Waals surface area (Å²) in [6.45, 7) is 2.15. The average Bonchev–Trinajstić information content (AvgIpc) is 2.95. The third kappa shape index (κ3) is 4.77. The monoisotopic (exact) mass is 437 g/mol. The molecule has 11 heteroatoms. The fraction of sp³-hybridized carbons (Fsp3) is 0.158. The topological polar surface area (TPSA) is 85.3 Å². The van der Waals surface area contributed by atoms with Crippen molar-refractivity contribution in [2.75, 3.05) is 5.43 Å². The molecule has 1 N–H and O–H groups in total. The van der Waals surface area contributed by atoms with Gasteiger partial charge in [-0.1, -0.05) is 41.9 Å². The number of benzene rings is 2. The van der Waals surface area contributed by atoms with E-state index in [1.54, 1.807) is 11.6 Å². The molecule has 0 bridgehead atoms. The molecule has 0 aliphatic carbocycles. The molecule has 0 radical (unpaired) electrons. The van der Waals surface area contributed by atoms with Gasteiger partial charge < -0.3 is 0 Å². The normalized spacial score (nSPS) is 11.8. The molecule has 0 aliphatic rings. The standard InChI is InChI=1S/C19H15ClF3N5O2/c1-12-15(18(20)27(26-12)11-13-5-3-2-4-6-13)10-24-25-16-8-7-14(19(21,22)23)9-17(16)28(29)30/h2-10,25H,11H2,1H3. The van der Waals surface area contributed by atoms with Gasteiger partial charge in [-0.2, -0.15) is 23.4 Å². The Balaban J connectivity index is 1.81. The summed E-state index contributed by atoms with van der Waals surface area (Å²) >= 11 is 6.36. The minimum Gasteiger partial charge on any atom is -0.272 e. The maximum atomic E-state index is 12.8. The van der Waals surface area contributed by atoms with E-state index in [1.807, 2.05) is 30.3 Å². The Morgan fingerprint density at radius 1 is 1.27 bits per heavy atom. The molecule has 7 nitrogen and oxygen atoms in total. The molecule has 0 amide bonds. The molecule has 3 aromatic rings. The highest BCUT2D eigenvalue weighted by molar-refractivity contribution is 6.32. The van der Waals surface area contributed by atoms with Crippen LogP contribution in [0.5, 0.6) is 0 Å². The molecule has 0 spiro atoms. The van der Waals surface area contributed by atoms with Crippen LogP contribution in [0.3, 0.4) is 0 Å². The number of nitrogens with zero attached hydrogens (tertiary/aromatic N) is 4. The van der Waals surface area contributed by atoms with Crippen LogP contribution in [0.4, 0.5) is 24.5 Å². The first-order valence-electron chi connectivity index (χ1n) is 8.58. The molecule has 0 atom stereocenters. The third-order valence-corrected chi connectivity index (χ3v) is 4.58. The molecule has 30 heavy (non-hydrogen) atoms. The van der Waals surface area contributed by atoms with E-state index in [-0.39, 0.29) is 5.69 Å². The molecule has 1 aromatic heterocycles. The molecular weight excluding hydrogens is 423 g/mol. The minimum atomic E-state index is -4.69. The Morgan fingerprint density at radius 3 is 2.60 bits per heavy atom. The number of nitro groups is 1. The van der Waals surface area contributed by atoms with Crippen LogP contribution in [0.25, 0.3) is 0 Å². The zero-order chi connectivity index (χ0) is 21.9. The summed E-state index contributed by atoms with van der Waals surface area (Å²) in [6.07, 6.45) is -3.38. The van der Waals surface area contributed by atoms with E-state index < -0.39 is 22.4 Å². The van der Waals surface area contributed by atoms with Crippen molar-refractivity contribution >= 4 is 29.2 Å². The SMILES string of the molecule is Cc1nn(Cc2ccccc2)c(Cl)c1C=NNc1ccc(C(F)(F)F)cc1[N+](=O)[O-]. The molecule has 0 fully saturated rings. The van der Waals surface area contributed by atoms with E-state index in [0.717, 1.165) is 17.7 Å². The predicted octanol–water partition coefficient (Wildman–Crippen LogP) is 5.27. The van der Waals surface area contributed by atoms with Gasteiger partial charge >= 0.3 is 6.18 Å². The summed E-state index contributed by atoms with van der Waals surface area (Å²) in [7, 11) is 0. The molecule has 0 saturated carbocycles. The summed E-state index contributed by atoms with van der Waals surface area (Å²) < 4.78 is 39.9. The first kappa shape index (κ1) is 21.3. The van der Waals surface area contributed by atoms with Crippen molar-refractivity contribution in [3.8, 4) is 0 Å². The van der Waals surface area contributed by atoms with E-state index in [0.29, 0.717) is 29.0 Å². The van der Waals surface area contributed by atoms with Gasteiger partial charge in [0.1, 0.15) is 10.8 Å². The van der Waals surface area contributed by atoms with Crippen molar-refractivity contribution in [2.45, 2.75) is 19.6 Å². The lowest BCUT2D eigenvalue weighted by atomic mass is 10.1. The van der Waals surface area contributed by atoms with Gasteiger partial charge in [0.25, 0.3) is 5.69 Å². The van der Waals surface area contributed by atoms with E-state index in [4.69, 9.17) is 11.6 Å². The van der Waals surface area contributed by atoms with Gasteiger partial charge in [-0.05, 0) is 24.6 Å². The van der Waals surface area contributed by atoms with Crippen molar-refractivity contribution in [2.24, 2.45) is 5.10 Å². The number of hydrogen-bond donors (Lipinski definition) is 1. The number of hydrazone groups is 1. The first-order chi connectivity index (χ1) is 14.2. The maximum absolute atomic E-state index is 12.8. The fourth-order valence-corrected chi connectivity index (χ4v) is 2.98. The first-order valence-corrected chi connectivity index (χ1v) is 8.96. The lowest BCUT2D eigenvalue weighted by molar-refractivity contribution is -0.384. The Kier molecular flexibility index (Phi) is 6.06. The second-order valence-corrected chi connectivity index (χ2v) is 6.65. The van der Waals surface area contributed by atoms with Gasteiger partial charge in [0.05, 0.1) is 34.5 Å². The molecule has 156 valence electrons. The zero-order valence-electron chi connectivity index (χ0n) is 15.5. The second-order valence-electron chi connectivity index (χ2n) is 6.29. The smallest absolute Gasteiger partial charge is 0.272 e. The predicted molar refractivity (Wildman–Crippen MR) is 107 cm³/mol. The number of aryl methyl sites for hydroxylation is 1. The molecular formula is C19H15ClF3N5O2. The van der Waals surface area contributed by atoms with Gasteiger partial charge in [-0.25, -0.2) is 4.68 Å². The van der Waals surface area contributed by atoms with Crippen molar-refractivity contribution in [3.05, 3.63) is 86.2 Å². The lowest BCUT2D eigenvalue weighted by Crippen LogP contribution is -2.06. The van der Waals surface area contributed by atoms with Crippen LogP contribution in [0.15, 0.2) is 53.6 Å². The highest BCUT2D eigenvalue weighted by Gasteiger charge is 2.33. The van der Waals surface area contributed by atoms with Gasteiger partial charge in [0.15, 0.2) is 0 Å². The molecule has 1 heterocycles. The highest BCUT2D eigenvalue weighted by atomic mass is 35.5.